The molecule has 0 heterocycles. The molecule has 0 fully saturated rings. The van der Waals surface area contributed by atoms with E-state index in [1.54, 1.807) is 19.1 Å². The van der Waals surface area contributed by atoms with E-state index in [1.165, 1.54) is 5.56 Å². The van der Waals surface area contributed by atoms with Crippen LogP contribution in [0.3, 0.4) is 0 Å². The molecule has 0 bridgehead atoms. The SMILES string of the molecule is CCc1ccc(C(C)NC(=O)C(C)Oc2ccc(Cl)c(C)c2)cc1. The maximum Gasteiger partial charge on any atom is 0.261 e. The van der Waals surface area contributed by atoms with Gasteiger partial charge in [-0.25, -0.2) is 0 Å². The van der Waals surface area contributed by atoms with E-state index in [-0.39, 0.29) is 11.9 Å². The van der Waals surface area contributed by atoms with Crippen molar-refractivity contribution in [3.63, 3.8) is 0 Å². The topological polar surface area (TPSA) is 38.3 Å². The maximum absolute atomic E-state index is 12.3. The quantitative estimate of drug-likeness (QED) is 0.812. The summed E-state index contributed by atoms with van der Waals surface area (Å²) in [5, 5.41) is 3.67. The molecule has 2 aromatic rings. The summed E-state index contributed by atoms with van der Waals surface area (Å²) < 4.78 is 5.71. The van der Waals surface area contributed by atoms with Crippen molar-refractivity contribution in [1.29, 1.82) is 0 Å². The molecule has 128 valence electrons. The highest BCUT2D eigenvalue weighted by molar-refractivity contribution is 6.31. The van der Waals surface area contributed by atoms with Gasteiger partial charge in [0.05, 0.1) is 6.04 Å². The van der Waals surface area contributed by atoms with Gasteiger partial charge in [-0.3, -0.25) is 4.79 Å². The van der Waals surface area contributed by atoms with Crippen molar-refractivity contribution in [2.75, 3.05) is 0 Å². The monoisotopic (exact) mass is 345 g/mol. The van der Waals surface area contributed by atoms with E-state index in [0.29, 0.717) is 10.8 Å². The highest BCUT2D eigenvalue weighted by atomic mass is 35.5. The van der Waals surface area contributed by atoms with Gasteiger partial charge in [0, 0.05) is 5.02 Å². The smallest absolute Gasteiger partial charge is 0.261 e. The summed E-state index contributed by atoms with van der Waals surface area (Å²) in [6, 6.07) is 13.6. The molecule has 4 heteroatoms. The van der Waals surface area contributed by atoms with Gasteiger partial charge in [0.2, 0.25) is 0 Å². The van der Waals surface area contributed by atoms with Gasteiger partial charge < -0.3 is 10.1 Å². The Balaban J connectivity index is 1.95. The summed E-state index contributed by atoms with van der Waals surface area (Å²) in [4.78, 5) is 12.3. The van der Waals surface area contributed by atoms with Gasteiger partial charge in [0.25, 0.3) is 5.91 Å². The molecule has 2 aromatic carbocycles. The lowest BCUT2D eigenvalue weighted by atomic mass is 10.0. The molecule has 2 atom stereocenters. The molecule has 2 rings (SSSR count). The Labute approximate surface area is 149 Å². The van der Waals surface area contributed by atoms with Crippen molar-refractivity contribution in [2.24, 2.45) is 0 Å². The van der Waals surface area contributed by atoms with E-state index in [9.17, 15) is 4.79 Å². The molecule has 0 aliphatic heterocycles. The van der Waals surface area contributed by atoms with Crippen molar-refractivity contribution in [3.05, 3.63) is 64.2 Å². The third kappa shape index (κ3) is 4.75. The fraction of sp³-hybridized carbons (Fsp3) is 0.350. The highest BCUT2D eigenvalue weighted by Crippen LogP contribution is 2.22. The summed E-state index contributed by atoms with van der Waals surface area (Å²) in [6.45, 7) is 7.74. The Morgan fingerprint density at radius 3 is 2.42 bits per heavy atom. The molecule has 1 N–H and O–H groups in total. The summed E-state index contributed by atoms with van der Waals surface area (Å²) in [5.41, 5.74) is 3.29. The average Bonchev–Trinajstić information content (AvgIpc) is 2.58. The number of halogens is 1. The van der Waals surface area contributed by atoms with Crippen LogP contribution in [0.5, 0.6) is 5.75 Å². The Kier molecular flexibility index (Phi) is 6.27. The van der Waals surface area contributed by atoms with Crippen LogP contribution in [-0.4, -0.2) is 12.0 Å². The fourth-order valence-corrected chi connectivity index (χ4v) is 2.52. The predicted octanol–water partition coefficient (Wildman–Crippen LogP) is 4.86. The van der Waals surface area contributed by atoms with Crippen LogP contribution in [0.4, 0.5) is 0 Å². The van der Waals surface area contributed by atoms with Gasteiger partial charge in [0.15, 0.2) is 6.10 Å². The predicted molar refractivity (Wildman–Crippen MR) is 98.7 cm³/mol. The van der Waals surface area contributed by atoms with Crippen LogP contribution in [0, 0.1) is 6.92 Å². The molecule has 0 radical (unpaired) electrons. The third-order valence-electron chi connectivity index (χ3n) is 4.06. The Morgan fingerprint density at radius 2 is 1.83 bits per heavy atom. The number of benzene rings is 2. The van der Waals surface area contributed by atoms with Crippen LogP contribution < -0.4 is 10.1 Å². The molecule has 0 aliphatic carbocycles. The average molecular weight is 346 g/mol. The molecular formula is C20H24ClNO2. The van der Waals surface area contributed by atoms with Crippen molar-refractivity contribution in [3.8, 4) is 5.75 Å². The number of carbonyl (C=O) groups excluding carboxylic acids is 1. The van der Waals surface area contributed by atoms with Crippen LogP contribution in [0.1, 0.15) is 43.5 Å². The minimum atomic E-state index is -0.581. The Bertz CT molecular complexity index is 697. The first-order valence-electron chi connectivity index (χ1n) is 8.22. The van der Waals surface area contributed by atoms with Crippen LogP contribution >= 0.6 is 11.6 Å². The van der Waals surface area contributed by atoms with Gasteiger partial charge >= 0.3 is 0 Å². The zero-order valence-electron chi connectivity index (χ0n) is 14.6. The first kappa shape index (κ1) is 18.3. The van der Waals surface area contributed by atoms with Crippen molar-refractivity contribution >= 4 is 17.5 Å². The zero-order valence-corrected chi connectivity index (χ0v) is 15.4. The molecular weight excluding hydrogens is 322 g/mol. The lowest BCUT2D eigenvalue weighted by Crippen LogP contribution is -2.37. The number of rotatable bonds is 6. The number of amides is 1. The molecule has 2 unspecified atom stereocenters. The van der Waals surface area contributed by atoms with Crippen LogP contribution in [0.2, 0.25) is 5.02 Å². The van der Waals surface area contributed by atoms with E-state index >= 15 is 0 Å². The molecule has 0 aromatic heterocycles. The molecule has 3 nitrogen and oxygen atoms in total. The van der Waals surface area contributed by atoms with Gasteiger partial charge in [0.1, 0.15) is 5.75 Å². The zero-order chi connectivity index (χ0) is 17.7. The lowest BCUT2D eigenvalue weighted by molar-refractivity contribution is -0.127. The molecule has 0 aliphatic rings. The molecule has 24 heavy (non-hydrogen) atoms. The largest absolute Gasteiger partial charge is 0.481 e. The highest BCUT2D eigenvalue weighted by Gasteiger charge is 2.18. The maximum atomic E-state index is 12.3. The summed E-state index contributed by atoms with van der Waals surface area (Å²) in [7, 11) is 0. The Morgan fingerprint density at radius 1 is 1.17 bits per heavy atom. The minimum absolute atomic E-state index is 0.0681. The van der Waals surface area contributed by atoms with E-state index in [2.05, 4.69) is 36.5 Å². The van der Waals surface area contributed by atoms with Crippen molar-refractivity contribution < 1.29 is 9.53 Å². The Hall–Kier alpha value is -2.00. The first-order chi connectivity index (χ1) is 11.4. The third-order valence-corrected chi connectivity index (χ3v) is 4.48. The van der Waals surface area contributed by atoms with Crippen LogP contribution in [-0.2, 0) is 11.2 Å². The number of ether oxygens (including phenoxy) is 1. The molecule has 0 spiro atoms. The number of aryl methyl sites for hydroxylation is 2. The lowest BCUT2D eigenvalue weighted by Gasteiger charge is -2.19. The summed E-state index contributed by atoms with van der Waals surface area (Å²) >= 11 is 6.00. The van der Waals surface area contributed by atoms with Crippen LogP contribution in [0.25, 0.3) is 0 Å². The standard InChI is InChI=1S/C20H24ClNO2/c1-5-16-6-8-17(9-7-16)14(3)22-20(23)15(4)24-18-10-11-19(21)13(2)12-18/h6-12,14-15H,5H2,1-4H3,(H,22,23). The second kappa shape index (κ2) is 8.20. The minimum Gasteiger partial charge on any atom is -0.481 e. The van der Waals surface area contributed by atoms with Gasteiger partial charge in [-0.1, -0.05) is 42.8 Å². The van der Waals surface area contributed by atoms with Crippen LogP contribution in [0.15, 0.2) is 42.5 Å². The van der Waals surface area contributed by atoms with Crippen molar-refractivity contribution in [1.82, 2.24) is 5.32 Å². The number of carbonyl (C=O) groups is 1. The number of nitrogens with one attached hydrogen (secondary N) is 1. The second-order valence-corrected chi connectivity index (χ2v) is 6.40. The van der Waals surface area contributed by atoms with E-state index in [1.807, 2.05) is 19.9 Å². The number of hydrogen-bond donors (Lipinski definition) is 1. The van der Waals surface area contributed by atoms with E-state index < -0.39 is 6.10 Å². The summed E-state index contributed by atoms with van der Waals surface area (Å²) in [5.74, 6) is 0.495. The fourth-order valence-electron chi connectivity index (χ4n) is 2.40. The second-order valence-electron chi connectivity index (χ2n) is 6.00. The molecule has 0 saturated carbocycles. The molecule has 0 saturated heterocycles. The van der Waals surface area contributed by atoms with Crippen molar-refractivity contribution in [2.45, 2.75) is 46.3 Å². The normalized spacial score (nSPS) is 13.2. The van der Waals surface area contributed by atoms with E-state index in [4.69, 9.17) is 16.3 Å². The first-order valence-corrected chi connectivity index (χ1v) is 8.60. The molecule has 1 amide bonds. The number of hydrogen-bond acceptors (Lipinski definition) is 2. The summed E-state index contributed by atoms with van der Waals surface area (Å²) in [6.07, 6.45) is 0.426. The van der Waals surface area contributed by atoms with Gasteiger partial charge in [-0.15, -0.1) is 0 Å². The van der Waals surface area contributed by atoms with Gasteiger partial charge in [-0.2, -0.15) is 0 Å². The van der Waals surface area contributed by atoms with Gasteiger partial charge in [-0.05, 0) is 62.1 Å². The van der Waals surface area contributed by atoms with E-state index in [0.717, 1.165) is 17.5 Å².